The molecule has 8 heteroatoms. The number of hydrogen-bond acceptors (Lipinski definition) is 3. The summed E-state index contributed by atoms with van der Waals surface area (Å²) in [5.74, 6) is -9.04. The first-order valence-corrected chi connectivity index (χ1v) is 7.04. The predicted octanol–water partition coefficient (Wildman–Crippen LogP) is 2.37. The van der Waals surface area contributed by atoms with E-state index in [4.69, 9.17) is 9.47 Å². The van der Waals surface area contributed by atoms with E-state index >= 15 is 0 Å². The van der Waals surface area contributed by atoms with Gasteiger partial charge in [-0.2, -0.15) is 8.78 Å². The molecule has 1 unspecified atom stereocenters. The third-order valence-electron chi connectivity index (χ3n) is 3.83. The van der Waals surface area contributed by atoms with E-state index in [0.717, 1.165) is 6.07 Å². The van der Waals surface area contributed by atoms with E-state index < -0.39 is 34.6 Å². The highest BCUT2D eigenvalue weighted by molar-refractivity contribution is 5.85. The minimum absolute atomic E-state index is 0.0396. The van der Waals surface area contributed by atoms with Crippen LogP contribution in [0.3, 0.4) is 0 Å². The van der Waals surface area contributed by atoms with Gasteiger partial charge in [-0.3, -0.25) is 4.79 Å². The Bertz CT molecular complexity index is 554. The Balaban J connectivity index is 2.24. The fourth-order valence-electron chi connectivity index (χ4n) is 2.49. The molecule has 0 saturated carbocycles. The molecule has 4 nitrogen and oxygen atoms in total. The number of amides is 1. The lowest BCUT2D eigenvalue weighted by atomic mass is 9.93. The highest BCUT2D eigenvalue weighted by Gasteiger charge is 2.49. The molecule has 1 aliphatic heterocycles. The van der Waals surface area contributed by atoms with E-state index in [2.05, 4.69) is 5.32 Å². The first-order valence-electron chi connectivity index (χ1n) is 7.04. The Labute approximate surface area is 130 Å². The van der Waals surface area contributed by atoms with Crippen LogP contribution in [-0.2, 0) is 20.2 Å². The average Bonchev–Trinajstić information content (AvgIpc) is 2.93. The number of methoxy groups -OCH3 is 1. The van der Waals surface area contributed by atoms with Gasteiger partial charge in [-0.05, 0) is 25.0 Å². The molecule has 128 valence electrons. The molecule has 1 N–H and O–H groups in total. The summed E-state index contributed by atoms with van der Waals surface area (Å²) in [6, 6.07) is 2.31. The molecule has 1 aliphatic rings. The summed E-state index contributed by atoms with van der Waals surface area (Å²) in [6.45, 7) is 0.560. The maximum absolute atomic E-state index is 14.3. The SMILES string of the molecule is COCCC1(NC(=O)C(F)(F)c2c(F)cccc2F)CCOC1. The second kappa shape index (κ2) is 6.84. The van der Waals surface area contributed by atoms with Crippen LogP contribution in [0.25, 0.3) is 0 Å². The maximum atomic E-state index is 14.3. The topological polar surface area (TPSA) is 47.6 Å². The van der Waals surface area contributed by atoms with Crippen LogP contribution in [-0.4, -0.2) is 38.4 Å². The molecule has 1 saturated heterocycles. The van der Waals surface area contributed by atoms with Crippen LogP contribution < -0.4 is 5.32 Å². The van der Waals surface area contributed by atoms with Crippen molar-refractivity contribution in [3.05, 3.63) is 35.4 Å². The van der Waals surface area contributed by atoms with Crippen molar-refractivity contribution < 1.29 is 31.8 Å². The zero-order valence-electron chi connectivity index (χ0n) is 12.5. The second-order valence-electron chi connectivity index (χ2n) is 5.45. The number of halogens is 4. The zero-order valence-corrected chi connectivity index (χ0v) is 12.5. The number of alkyl halides is 2. The van der Waals surface area contributed by atoms with Crippen LogP contribution >= 0.6 is 0 Å². The van der Waals surface area contributed by atoms with Crippen molar-refractivity contribution in [2.24, 2.45) is 0 Å². The van der Waals surface area contributed by atoms with E-state index in [-0.39, 0.29) is 19.6 Å². The van der Waals surface area contributed by atoms with E-state index in [1.807, 2.05) is 0 Å². The maximum Gasteiger partial charge on any atom is 0.355 e. The Morgan fingerprint density at radius 1 is 1.39 bits per heavy atom. The van der Waals surface area contributed by atoms with Crippen molar-refractivity contribution in [3.63, 3.8) is 0 Å². The summed E-state index contributed by atoms with van der Waals surface area (Å²) in [5.41, 5.74) is -2.59. The van der Waals surface area contributed by atoms with Crippen molar-refractivity contribution in [2.45, 2.75) is 24.3 Å². The molecule has 1 fully saturated rings. The van der Waals surface area contributed by atoms with E-state index in [1.54, 1.807) is 0 Å². The Morgan fingerprint density at radius 2 is 2.04 bits per heavy atom. The summed E-state index contributed by atoms with van der Waals surface area (Å²) in [7, 11) is 1.44. The number of carbonyl (C=O) groups is 1. The molecule has 0 spiro atoms. The Hall–Kier alpha value is -1.67. The molecule has 0 radical (unpaired) electrons. The van der Waals surface area contributed by atoms with Gasteiger partial charge in [-0.15, -0.1) is 0 Å². The lowest BCUT2D eigenvalue weighted by molar-refractivity contribution is -0.150. The van der Waals surface area contributed by atoms with Crippen LogP contribution in [0.5, 0.6) is 0 Å². The van der Waals surface area contributed by atoms with Gasteiger partial charge in [-0.25, -0.2) is 8.78 Å². The highest BCUT2D eigenvalue weighted by atomic mass is 19.3. The van der Waals surface area contributed by atoms with Gasteiger partial charge in [0.2, 0.25) is 0 Å². The second-order valence-corrected chi connectivity index (χ2v) is 5.45. The van der Waals surface area contributed by atoms with Crippen molar-refractivity contribution in [3.8, 4) is 0 Å². The van der Waals surface area contributed by atoms with Crippen molar-refractivity contribution >= 4 is 5.91 Å². The first kappa shape index (κ1) is 17.7. The first-order chi connectivity index (χ1) is 10.8. The van der Waals surface area contributed by atoms with Crippen LogP contribution in [0.4, 0.5) is 17.6 Å². The van der Waals surface area contributed by atoms with Gasteiger partial charge >= 0.3 is 5.92 Å². The van der Waals surface area contributed by atoms with E-state index in [9.17, 15) is 22.4 Å². The van der Waals surface area contributed by atoms with Crippen LogP contribution in [0, 0.1) is 11.6 Å². The molecule has 23 heavy (non-hydrogen) atoms. The lowest BCUT2D eigenvalue weighted by Gasteiger charge is -2.30. The largest absolute Gasteiger partial charge is 0.385 e. The van der Waals surface area contributed by atoms with Gasteiger partial charge < -0.3 is 14.8 Å². The summed E-state index contributed by atoms with van der Waals surface area (Å²) in [5, 5.41) is 2.19. The summed E-state index contributed by atoms with van der Waals surface area (Å²) in [6.07, 6.45) is 0.572. The Kier molecular flexibility index (Phi) is 5.26. The number of ether oxygens (including phenoxy) is 2. The number of carbonyl (C=O) groups excluding carboxylic acids is 1. The monoisotopic (exact) mass is 335 g/mol. The summed E-state index contributed by atoms with van der Waals surface area (Å²) >= 11 is 0. The number of hydrogen-bond donors (Lipinski definition) is 1. The number of rotatable bonds is 6. The van der Waals surface area contributed by atoms with Crippen molar-refractivity contribution in [1.29, 1.82) is 0 Å². The summed E-state index contributed by atoms with van der Waals surface area (Å²) < 4.78 is 65.7. The van der Waals surface area contributed by atoms with Gasteiger partial charge in [0, 0.05) is 20.3 Å². The molecular weight excluding hydrogens is 318 g/mol. The highest BCUT2D eigenvalue weighted by Crippen LogP contribution is 2.34. The molecule has 2 rings (SSSR count). The third-order valence-corrected chi connectivity index (χ3v) is 3.83. The standard InChI is InChI=1S/C15H17F4NO3/c1-22-7-5-14(6-8-23-9-14)20-13(21)15(18,19)12-10(16)3-2-4-11(12)17/h2-4H,5-9H2,1H3,(H,20,21). The van der Waals surface area contributed by atoms with Gasteiger partial charge in [0.05, 0.1) is 12.1 Å². The fraction of sp³-hybridized carbons (Fsp3) is 0.533. The molecule has 1 amide bonds. The third kappa shape index (κ3) is 3.64. The summed E-state index contributed by atoms with van der Waals surface area (Å²) in [4.78, 5) is 12.0. The molecule has 0 aromatic heterocycles. The minimum Gasteiger partial charge on any atom is -0.385 e. The van der Waals surface area contributed by atoms with Gasteiger partial charge in [0.15, 0.2) is 0 Å². The molecule has 1 aromatic rings. The number of benzene rings is 1. The van der Waals surface area contributed by atoms with Crippen LogP contribution in [0.2, 0.25) is 0 Å². The van der Waals surface area contributed by atoms with Crippen molar-refractivity contribution in [2.75, 3.05) is 26.9 Å². The van der Waals surface area contributed by atoms with Gasteiger partial charge in [0.25, 0.3) is 5.91 Å². The zero-order chi connectivity index (χ0) is 17.1. The average molecular weight is 335 g/mol. The predicted molar refractivity (Wildman–Crippen MR) is 73.1 cm³/mol. The van der Waals surface area contributed by atoms with E-state index in [0.29, 0.717) is 25.2 Å². The smallest absolute Gasteiger partial charge is 0.355 e. The molecule has 0 bridgehead atoms. The molecule has 1 aromatic carbocycles. The molecule has 1 atom stereocenters. The molecule has 1 heterocycles. The lowest BCUT2D eigenvalue weighted by Crippen LogP contribution is -2.54. The van der Waals surface area contributed by atoms with Crippen molar-refractivity contribution in [1.82, 2.24) is 5.32 Å². The number of nitrogens with one attached hydrogen (secondary N) is 1. The van der Waals surface area contributed by atoms with Gasteiger partial charge in [0.1, 0.15) is 17.2 Å². The minimum atomic E-state index is -4.34. The Morgan fingerprint density at radius 3 is 2.57 bits per heavy atom. The molecular formula is C15H17F4NO3. The van der Waals surface area contributed by atoms with Crippen LogP contribution in [0.15, 0.2) is 18.2 Å². The molecule has 0 aliphatic carbocycles. The fourth-order valence-corrected chi connectivity index (χ4v) is 2.49. The van der Waals surface area contributed by atoms with Crippen LogP contribution in [0.1, 0.15) is 18.4 Å². The normalized spacial score (nSPS) is 21.4. The van der Waals surface area contributed by atoms with E-state index in [1.165, 1.54) is 7.11 Å². The van der Waals surface area contributed by atoms with Gasteiger partial charge in [-0.1, -0.05) is 6.07 Å². The quantitative estimate of drug-likeness (QED) is 0.812.